The second kappa shape index (κ2) is 5.77. The molecule has 0 aliphatic heterocycles. The number of fused-ring (bicyclic) bond motifs is 5. The van der Waals surface area contributed by atoms with Gasteiger partial charge in [-0.2, -0.15) is 0 Å². The quantitative estimate of drug-likeness (QED) is 0.783. The first-order chi connectivity index (χ1) is 11.0. The van der Waals surface area contributed by atoms with Gasteiger partial charge in [0.15, 0.2) is 0 Å². The molecule has 1 amide bonds. The first-order valence-corrected chi connectivity index (χ1v) is 10.3. The lowest BCUT2D eigenvalue weighted by Gasteiger charge is -2.56. The Hall–Kier alpha value is -0.530. The fourth-order valence-electron chi connectivity index (χ4n) is 7.79. The average molecular weight is 318 g/mol. The molecule has 0 bridgehead atoms. The number of amides is 1. The summed E-state index contributed by atoms with van der Waals surface area (Å²) in [5, 5.41) is 0. The maximum atomic E-state index is 11.9. The minimum absolute atomic E-state index is 0.0226. The molecule has 0 aromatic heterocycles. The Balaban J connectivity index is 1.53. The van der Waals surface area contributed by atoms with E-state index in [0.717, 1.165) is 41.9 Å². The van der Waals surface area contributed by atoms with E-state index < -0.39 is 0 Å². The molecule has 0 spiro atoms. The Morgan fingerprint density at radius 1 is 1.00 bits per heavy atom. The van der Waals surface area contributed by atoms with E-state index in [9.17, 15) is 4.79 Å². The van der Waals surface area contributed by atoms with Gasteiger partial charge in [0.2, 0.25) is 5.91 Å². The zero-order valence-electron chi connectivity index (χ0n) is 15.1. The van der Waals surface area contributed by atoms with E-state index in [4.69, 9.17) is 5.73 Å². The molecule has 4 aliphatic carbocycles. The zero-order chi connectivity index (χ0) is 16.2. The van der Waals surface area contributed by atoms with Crippen LogP contribution in [0.5, 0.6) is 0 Å². The minimum atomic E-state index is -0.0226. The third-order valence-corrected chi connectivity index (χ3v) is 8.98. The van der Waals surface area contributed by atoms with Gasteiger partial charge in [0.05, 0.1) is 0 Å². The molecule has 130 valence electrons. The zero-order valence-corrected chi connectivity index (χ0v) is 15.1. The average Bonchev–Trinajstić information content (AvgIpc) is 2.91. The van der Waals surface area contributed by atoms with Gasteiger partial charge in [-0.1, -0.05) is 26.7 Å². The van der Waals surface area contributed by atoms with Crippen molar-refractivity contribution in [2.45, 2.75) is 78.1 Å². The van der Waals surface area contributed by atoms with Crippen LogP contribution in [0.15, 0.2) is 0 Å². The summed E-state index contributed by atoms with van der Waals surface area (Å²) in [5.74, 6) is 5.82. The molecule has 4 fully saturated rings. The van der Waals surface area contributed by atoms with E-state index in [0.29, 0.717) is 0 Å². The lowest BCUT2D eigenvalue weighted by Crippen LogP contribution is -2.50. The standard InChI is InChI=1S/C21H35NO/c1-3-13-4-6-15-14(12-13)5-7-17-16(15)10-11-21(2)18(17)8-9-19(21)20(22)23/h13-19H,3-12H2,1-2H3,(H2,22,23). The molecule has 0 radical (unpaired) electrons. The van der Waals surface area contributed by atoms with Crippen LogP contribution in [-0.2, 0) is 4.79 Å². The number of primary amides is 1. The Morgan fingerprint density at radius 3 is 2.52 bits per heavy atom. The van der Waals surface area contributed by atoms with Crippen molar-refractivity contribution in [3.05, 3.63) is 0 Å². The summed E-state index contributed by atoms with van der Waals surface area (Å²) < 4.78 is 0. The monoisotopic (exact) mass is 317 g/mol. The first kappa shape index (κ1) is 16.0. The van der Waals surface area contributed by atoms with Crippen molar-refractivity contribution in [1.82, 2.24) is 0 Å². The van der Waals surface area contributed by atoms with Crippen LogP contribution in [0.1, 0.15) is 78.1 Å². The van der Waals surface area contributed by atoms with Crippen LogP contribution in [0.3, 0.4) is 0 Å². The largest absolute Gasteiger partial charge is 0.369 e. The highest BCUT2D eigenvalue weighted by Gasteiger charge is 2.58. The summed E-state index contributed by atoms with van der Waals surface area (Å²) in [6.45, 7) is 4.78. The van der Waals surface area contributed by atoms with Gasteiger partial charge in [0.25, 0.3) is 0 Å². The van der Waals surface area contributed by atoms with Crippen molar-refractivity contribution in [3.8, 4) is 0 Å². The van der Waals surface area contributed by atoms with Gasteiger partial charge >= 0.3 is 0 Å². The topological polar surface area (TPSA) is 43.1 Å². The molecule has 0 heterocycles. The summed E-state index contributed by atoms with van der Waals surface area (Å²) in [6.07, 6.45) is 13.7. The molecule has 0 aromatic rings. The molecule has 2 N–H and O–H groups in total. The van der Waals surface area contributed by atoms with Crippen molar-refractivity contribution >= 4 is 5.91 Å². The molecule has 0 saturated heterocycles. The predicted molar refractivity (Wildman–Crippen MR) is 93.6 cm³/mol. The molecular formula is C21H35NO. The number of hydrogen-bond donors (Lipinski definition) is 1. The van der Waals surface area contributed by atoms with E-state index >= 15 is 0 Å². The maximum absolute atomic E-state index is 11.9. The molecule has 0 aromatic carbocycles. The van der Waals surface area contributed by atoms with Crippen LogP contribution >= 0.6 is 0 Å². The Labute approximate surface area is 142 Å². The Kier molecular flexibility index (Phi) is 4.01. The van der Waals surface area contributed by atoms with Crippen LogP contribution < -0.4 is 5.73 Å². The van der Waals surface area contributed by atoms with E-state index in [1.54, 1.807) is 0 Å². The highest BCUT2D eigenvalue weighted by Crippen LogP contribution is 2.64. The summed E-state index contributed by atoms with van der Waals surface area (Å²) >= 11 is 0. The van der Waals surface area contributed by atoms with Gasteiger partial charge in [-0.15, -0.1) is 0 Å². The lowest BCUT2D eigenvalue weighted by molar-refractivity contribution is -0.129. The highest BCUT2D eigenvalue weighted by atomic mass is 16.1. The summed E-state index contributed by atoms with van der Waals surface area (Å²) in [4.78, 5) is 11.9. The molecule has 4 rings (SSSR count). The third-order valence-electron chi connectivity index (χ3n) is 8.98. The molecule has 8 atom stereocenters. The van der Waals surface area contributed by atoms with Crippen molar-refractivity contribution < 1.29 is 4.79 Å². The maximum Gasteiger partial charge on any atom is 0.221 e. The van der Waals surface area contributed by atoms with Gasteiger partial charge in [-0.05, 0) is 92.3 Å². The second-order valence-corrected chi connectivity index (χ2v) is 9.60. The fourth-order valence-corrected chi connectivity index (χ4v) is 7.79. The van der Waals surface area contributed by atoms with E-state index in [-0.39, 0.29) is 17.2 Å². The molecule has 4 saturated carbocycles. The molecule has 4 aliphatic rings. The van der Waals surface area contributed by atoms with Gasteiger partial charge in [0.1, 0.15) is 0 Å². The summed E-state index contributed by atoms with van der Waals surface area (Å²) in [7, 11) is 0. The minimum Gasteiger partial charge on any atom is -0.369 e. The fraction of sp³-hybridized carbons (Fsp3) is 0.952. The molecule has 2 heteroatoms. The number of carbonyl (C=O) groups excluding carboxylic acids is 1. The van der Waals surface area contributed by atoms with Crippen molar-refractivity contribution in [2.24, 2.45) is 52.6 Å². The summed E-state index contributed by atoms with van der Waals surface area (Å²) in [6, 6.07) is 0. The van der Waals surface area contributed by atoms with Crippen LogP contribution in [-0.4, -0.2) is 5.91 Å². The number of nitrogens with two attached hydrogens (primary N) is 1. The van der Waals surface area contributed by atoms with Crippen molar-refractivity contribution in [2.75, 3.05) is 0 Å². The second-order valence-electron chi connectivity index (χ2n) is 9.60. The number of carbonyl (C=O) groups is 1. The SMILES string of the molecule is CCC1CCC2C(CCC3C2CCC2(C)C(C(N)=O)CCC32)C1. The van der Waals surface area contributed by atoms with Crippen LogP contribution in [0.4, 0.5) is 0 Å². The van der Waals surface area contributed by atoms with Gasteiger partial charge in [0, 0.05) is 5.92 Å². The van der Waals surface area contributed by atoms with Crippen LogP contribution in [0, 0.1) is 46.8 Å². The van der Waals surface area contributed by atoms with E-state index in [1.165, 1.54) is 57.8 Å². The first-order valence-electron chi connectivity index (χ1n) is 10.3. The highest BCUT2D eigenvalue weighted by molar-refractivity contribution is 5.78. The number of hydrogen-bond acceptors (Lipinski definition) is 1. The normalized spacial score (nSPS) is 52.3. The van der Waals surface area contributed by atoms with Crippen molar-refractivity contribution in [1.29, 1.82) is 0 Å². The van der Waals surface area contributed by atoms with E-state index in [1.807, 2.05) is 0 Å². The van der Waals surface area contributed by atoms with Crippen molar-refractivity contribution in [3.63, 3.8) is 0 Å². The van der Waals surface area contributed by atoms with Gasteiger partial charge in [-0.3, -0.25) is 4.79 Å². The van der Waals surface area contributed by atoms with Gasteiger partial charge in [-0.25, -0.2) is 0 Å². The van der Waals surface area contributed by atoms with Gasteiger partial charge < -0.3 is 5.73 Å². The predicted octanol–water partition coefficient (Wildman–Crippen LogP) is 4.77. The van der Waals surface area contributed by atoms with Crippen LogP contribution in [0.25, 0.3) is 0 Å². The van der Waals surface area contributed by atoms with E-state index in [2.05, 4.69) is 13.8 Å². The Bertz CT molecular complexity index is 474. The lowest BCUT2D eigenvalue weighted by atomic mass is 9.49. The molecule has 8 unspecified atom stereocenters. The molecular weight excluding hydrogens is 282 g/mol. The third kappa shape index (κ3) is 2.38. The Morgan fingerprint density at radius 2 is 1.78 bits per heavy atom. The van der Waals surface area contributed by atoms with Crippen LogP contribution in [0.2, 0.25) is 0 Å². The molecule has 2 nitrogen and oxygen atoms in total. The smallest absolute Gasteiger partial charge is 0.221 e. The number of rotatable bonds is 2. The summed E-state index contributed by atoms with van der Waals surface area (Å²) in [5.41, 5.74) is 5.98. The molecule has 23 heavy (non-hydrogen) atoms.